The number of carbonyl (C=O) groups excluding carboxylic acids is 1. The van der Waals surface area contributed by atoms with Gasteiger partial charge in [0, 0.05) is 8.27 Å². The summed E-state index contributed by atoms with van der Waals surface area (Å²) < 4.78 is 6.78. The molecule has 1 aromatic heterocycles. The third kappa shape index (κ3) is 1.64. The molecule has 0 aliphatic rings. The van der Waals surface area contributed by atoms with Crippen LogP contribution in [0.3, 0.4) is 0 Å². The van der Waals surface area contributed by atoms with Crippen LogP contribution in [0.2, 0.25) is 0 Å². The number of methoxy groups -OCH3 is 1. The minimum Gasteiger partial charge on any atom is -0.465 e. The third-order valence-corrected chi connectivity index (χ3v) is 3.51. The normalized spacial score (nSPS) is 10.4. The summed E-state index contributed by atoms with van der Waals surface area (Å²) in [4.78, 5) is 11.5. The summed E-state index contributed by atoms with van der Waals surface area (Å²) in [7, 11) is 1.40. The van der Waals surface area contributed by atoms with Gasteiger partial charge >= 0.3 is 5.97 Å². The van der Waals surface area contributed by atoms with Crippen LogP contribution in [0.5, 0.6) is 0 Å². The molecule has 0 bridgehead atoms. The summed E-state index contributed by atoms with van der Waals surface area (Å²) in [5, 5.41) is 3.08. The maximum atomic E-state index is 11.5. The highest BCUT2D eigenvalue weighted by Gasteiger charge is 2.12. The molecule has 4 heteroatoms. The van der Waals surface area contributed by atoms with Crippen LogP contribution < -0.4 is 0 Å². The molecule has 0 fully saturated rings. The molecule has 0 unspecified atom stereocenters. The van der Waals surface area contributed by atoms with Crippen molar-refractivity contribution in [3.05, 3.63) is 32.7 Å². The maximum absolute atomic E-state index is 11.5. The number of hydrogen-bond donors (Lipinski definition) is 0. The first-order valence-electron chi connectivity index (χ1n) is 3.97. The summed E-state index contributed by atoms with van der Waals surface area (Å²) in [6.07, 6.45) is 0. The highest BCUT2D eigenvalue weighted by atomic mass is 127. The van der Waals surface area contributed by atoms with Crippen LogP contribution in [-0.4, -0.2) is 13.1 Å². The first kappa shape index (κ1) is 9.92. The van der Waals surface area contributed by atoms with Crippen molar-refractivity contribution in [3.63, 3.8) is 0 Å². The summed E-state index contributed by atoms with van der Waals surface area (Å²) >= 11 is 3.76. The summed E-state index contributed by atoms with van der Waals surface area (Å²) in [5.74, 6) is -0.268. The Morgan fingerprint density at radius 1 is 1.50 bits per heavy atom. The largest absolute Gasteiger partial charge is 0.465 e. The lowest BCUT2D eigenvalue weighted by Crippen LogP contribution is -2.01. The average Bonchev–Trinajstić information content (AvgIpc) is 2.62. The lowest BCUT2D eigenvalue weighted by atomic mass is 10.2. The molecule has 0 spiro atoms. The first-order valence-corrected chi connectivity index (χ1v) is 5.93. The van der Waals surface area contributed by atoms with Crippen molar-refractivity contribution >= 4 is 50.0 Å². The Kier molecular flexibility index (Phi) is 2.73. The molecule has 0 aliphatic heterocycles. The van der Waals surface area contributed by atoms with E-state index >= 15 is 0 Å². The molecule has 0 saturated carbocycles. The number of carbonyl (C=O) groups is 1. The van der Waals surface area contributed by atoms with Gasteiger partial charge in [0.15, 0.2) is 0 Å². The molecule has 2 aromatic rings. The minimum absolute atomic E-state index is 0.268. The Balaban J connectivity index is 2.72. The zero-order valence-electron chi connectivity index (χ0n) is 7.41. The SMILES string of the molecule is COC(=O)c1cc(I)cc2ccsc12. The predicted octanol–water partition coefficient (Wildman–Crippen LogP) is 3.29. The second-order valence-corrected chi connectivity index (χ2v) is 4.95. The van der Waals surface area contributed by atoms with E-state index in [9.17, 15) is 4.79 Å². The van der Waals surface area contributed by atoms with E-state index in [0.29, 0.717) is 5.56 Å². The highest BCUT2D eigenvalue weighted by molar-refractivity contribution is 14.1. The molecule has 14 heavy (non-hydrogen) atoms. The number of thiophene rings is 1. The van der Waals surface area contributed by atoms with Crippen molar-refractivity contribution in [3.8, 4) is 0 Å². The number of hydrogen-bond acceptors (Lipinski definition) is 3. The monoisotopic (exact) mass is 318 g/mol. The molecule has 0 atom stereocenters. The second-order valence-electron chi connectivity index (χ2n) is 2.78. The van der Waals surface area contributed by atoms with E-state index in [1.54, 1.807) is 11.3 Å². The molecule has 0 saturated heterocycles. The fraction of sp³-hybridized carbons (Fsp3) is 0.100. The van der Waals surface area contributed by atoms with Crippen LogP contribution in [0, 0.1) is 3.57 Å². The molecule has 72 valence electrons. The van der Waals surface area contributed by atoms with E-state index < -0.39 is 0 Å². The van der Waals surface area contributed by atoms with E-state index in [0.717, 1.165) is 13.7 Å². The third-order valence-electron chi connectivity index (χ3n) is 1.92. The zero-order valence-corrected chi connectivity index (χ0v) is 10.4. The van der Waals surface area contributed by atoms with Crippen molar-refractivity contribution < 1.29 is 9.53 Å². The van der Waals surface area contributed by atoms with Crippen LogP contribution in [0.4, 0.5) is 0 Å². The smallest absolute Gasteiger partial charge is 0.339 e. The fourth-order valence-electron chi connectivity index (χ4n) is 1.31. The van der Waals surface area contributed by atoms with Gasteiger partial charge in [-0.25, -0.2) is 4.79 Å². The molecule has 0 amide bonds. The van der Waals surface area contributed by atoms with Crippen molar-refractivity contribution in [1.82, 2.24) is 0 Å². The molecule has 0 N–H and O–H groups in total. The maximum Gasteiger partial charge on any atom is 0.339 e. The number of benzene rings is 1. The molecule has 2 nitrogen and oxygen atoms in total. The quantitative estimate of drug-likeness (QED) is 0.596. The van der Waals surface area contributed by atoms with Gasteiger partial charge in [-0.2, -0.15) is 0 Å². The van der Waals surface area contributed by atoms with E-state index in [1.807, 2.05) is 17.5 Å². The van der Waals surface area contributed by atoms with Crippen molar-refractivity contribution in [1.29, 1.82) is 0 Å². The van der Waals surface area contributed by atoms with Gasteiger partial charge in [0.05, 0.1) is 12.7 Å². The predicted molar refractivity (Wildman–Crippen MR) is 65.9 cm³/mol. The van der Waals surface area contributed by atoms with Crippen molar-refractivity contribution in [2.24, 2.45) is 0 Å². The van der Waals surface area contributed by atoms with Gasteiger partial charge in [0.25, 0.3) is 0 Å². The van der Waals surface area contributed by atoms with Gasteiger partial charge in [-0.05, 0) is 51.6 Å². The van der Waals surface area contributed by atoms with Crippen LogP contribution in [0.25, 0.3) is 10.1 Å². The zero-order chi connectivity index (χ0) is 10.1. The lowest BCUT2D eigenvalue weighted by Gasteiger charge is -2.01. The van der Waals surface area contributed by atoms with Crippen molar-refractivity contribution in [2.75, 3.05) is 7.11 Å². The van der Waals surface area contributed by atoms with Gasteiger partial charge in [-0.3, -0.25) is 0 Å². The molecule has 1 heterocycles. The van der Waals surface area contributed by atoms with Gasteiger partial charge in [0.1, 0.15) is 0 Å². The van der Waals surface area contributed by atoms with E-state index in [1.165, 1.54) is 7.11 Å². The van der Waals surface area contributed by atoms with Gasteiger partial charge < -0.3 is 4.74 Å². The molecule has 0 radical (unpaired) electrons. The van der Waals surface area contributed by atoms with E-state index in [-0.39, 0.29) is 5.97 Å². The molecule has 2 rings (SSSR count). The Labute approximate surface area is 99.0 Å². The van der Waals surface area contributed by atoms with Crippen molar-refractivity contribution in [2.45, 2.75) is 0 Å². The van der Waals surface area contributed by atoms with Gasteiger partial charge in [0.2, 0.25) is 0 Å². The van der Waals surface area contributed by atoms with E-state index in [2.05, 4.69) is 28.7 Å². The molecule has 1 aromatic carbocycles. The van der Waals surface area contributed by atoms with Crippen LogP contribution in [0.1, 0.15) is 10.4 Å². The molecular formula is C10H7IO2S. The lowest BCUT2D eigenvalue weighted by molar-refractivity contribution is 0.0603. The highest BCUT2D eigenvalue weighted by Crippen LogP contribution is 2.27. The van der Waals surface area contributed by atoms with Gasteiger partial charge in [-0.15, -0.1) is 11.3 Å². The second kappa shape index (κ2) is 3.86. The topological polar surface area (TPSA) is 26.3 Å². The molecule has 0 aliphatic carbocycles. The minimum atomic E-state index is -0.268. The average molecular weight is 318 g/mol. The van der Waals surface area contributed by atoms with Crippen LogP contribution in [0.15, 0.2) is 23.6 Å². The summed E-state index contributed by atoms with van der Waals surface area (Å²) in [6, 6.07) is 5.92. The van der Waals surface area contributed by atoms with Gasteiger partial charge in [-0.1, -0.05) is 0 Å². The Morgan fingerprint density at radius 2 is 2.29 bits per heavy atom. The first-order chi connectivity index (χ1) is 6.72. The Hall–Kier alpha value is -0.620. The Bertz CT molecular complexity index is 490. The van der Waals surface area contributed by atoms with E-state index in [4.69, 9.17) is 4.74 Å². The summed E-state index contributed by atoms with van der Waals surface area (Å²) in [6.45, 7) is 0. The molecular weight excluding hydrogens is 311 g/mol. The summed E-state index contributed by atoms with van der Waals surface area (Å²) in [5.41, 5.74) is 0.657. The standard InChI is InChI=1S/C10H7IO2S/c1-13-10(12)8-5-7(11)4-6-2-3-14-9(6)8/h2-5H,1H3. The number of esters is 1. The van der Waals surface area contributed by atoms with Crippen LogP contribution >= 0.6 is 33.9 Å². The fourth-order valence-corrected chi connectivity index (χ4v) is 2.84. The number of fused-ring (bicyclic) bond motifs is 1. The number of ether oxygens (including phenoxy) is 1. The number of halogens is 1. The Morgan fingerprint density at radius 3 is 3.00 bits per heavy atom. The number of rotatable bonds is 1. The van der Waals surface area contributed by atoms with Crippen LogP contribution in [-0.2, 0) is 4.74 Å².